The topological polar surface area (TPSA) is 30.2 Å². The maximum Gasteiger partial charge on any atom is 0.0880 e. The first kappa shape index (κ1) is 10.1. The van der Waals surface area contributed by atoms with Crippen LogP contribution in [-0.4, -0.2) is 14.6 Å². The van der Waals surface area contributed by atoms with Crippen molar-refractivity contribution in [1.82, 2.24) is 14.6 Å². The molecular formula is C12H17N3. The zero-order chi connectivity index (χ0) is 11.0. The first-order valence-corrected chi connectivity index (χ1v) is 5.47. The fourth-order valence-electron chi connectivity index (χ4n) is 1.75. The van der Waals surface area contributed by atoms with E-state index in [4.69, 9.17) is 0 Å². The van der Waals surface area contributed by atoms with Crippen LogP contribution in [0.15, 0.2) is 12.3 Å². The maximum absolute atomic E-state index is 4.56. The summed E-state index contributed by atoms with van der Waals surface area (Å²) >= 11 is 0. The Labute approximate surface area is 90.1 Å². The second-order valence-electron chi connectivity index (χ2n) is 4.24. The summed E-state index contributed by atoms with van der Waals surface area (Å²) in [4.78, 5) is 4.53. The van der Waals surface area contributed by atoms with Crippen LogP contribution in [0.1, 0.15) is 43.8 Å². The number of hydrogen-bond acceptors (Lipinski definition) is 2. The Morgan fingerprint density at radius 3 is 2.73 bits per heavy atom. The summed E-state index contributed by atoms with van der Waals surface area (Å²) in [7, 11) is 0. The third-order valence-electron chi connectivity index (χ3n) is 2.60. The lowest BCUT2D eigenvalue weighted by Gasteiger charge is -2.01. The fraction of sp³-hybridized carbons (Fsp3) is 0.500. The monoisotopic (exact) mass is 203 g/mol. The zero-order valence-corrected chi connectivity index (χ0v) is 9.78. The summed E-state index contributed by atoms with van der Waals surface area (Å²) in [5.41, 5.74) is 4.44. The molecule has 0 saturated heterocycles. The van der Waals surface area contributed by atoms with E-state index in [1.54, 1.807) is 0 Å². The lowest BCUT2D eigenvalue weighted by molar-refractivity contribution is 0.782. The van der Waals surface area contributed by atoms with Gasteiger partial charge in [-0.2, -0.15) is 5.10 Å². The van der Waals surface area contributed by atoms with Gasteiger partial charge < -0.3 is 0 Å². The molecule has 15 heavy (non-hydrogen) atoms. The van der Waals surface area contributed by atoms with E-state index < -0.39 is 0 Å². The van der Waals surface area contributed by atoms with Crippen LogP contribution in [-0.2, 0) is 6.42 Å². The van der Waals surface area contributed by atoms with Crippen molar-refractivity contribution in [1.29, 1.82) is 0 Å². The van der Waals surface area contributed by atoms with Crippen LogP contribution < -0.4 is 0 Å². The maximum atomic E-state index is 4.56. The van der Waals surface area contributed by atoms with Crippen molar-refractivity contribution < 1.29 is 0 Å². The molecule has 3 nitrogen and oxygen atoms in total. The molecular weight excluding hydrogens is 186 g/mol. The van der Waals surface area contributed by atoms with E-state index in [2.05, 4.69) is 36.9 Å². The van der Waals surface area contributed by atoms with Crippen LogP contribution in [0.4, 0.5) is 0 Å². The SMILES string of the molecule is CCc1nc(C)cn2nc(C(C)C)cc12. The first-order valence-electron chi connectivity index (χ1n) is 5.47. The Kier molecular flexibility index (Phi) is 2.47. The number of fused-ring (bicyclic) bond motifs is 1. The second kappa shape index (κ2) is 3.65. The standard InChI is InChI=1S/C12H17N3/c1-5-10-12-6-11(8(2)3)14-15(12)7-9(4)13-10/h6-8H,5H2,1-4H3. The summed E-state index contributed by atoms with van der Waals surface area (Å²) in [6.07, 6.45) is 2.94. The predicted octanol–water partition coefficient (Wildman–Crippen LogP) is 2.72. The van der Waals surface area contributed by atoms with Crippen LogP contribution in [0.5, 0.6) is 0 Å². The van der Waals surface area contributed by atoms with Crippen molar-refractivity contribution in [3.63, 3.8) is 0 Å². The summed E-state index contributed by atoms with van der Waals surface area (Å²) in [5.74, 6) is 0.468. The van der Waals surface area contributed by atoms with E-state index in [-0.39, 0.29) is 0 Å². The molecule has 0 bridgehead atoms. The average Bonchev–Trinajstić information content (AvgIpc) is 2.59. The first-order chi connectivity index (χ1) is 7.11. The molecule has 0 atom stereocenters. The quantitative estimate of drug-likeness (QED) is 0.751. The van der Waals surface area contributed by atoms with Gasteiger partial charge in [-0.1, -0.05) is 20.8 Å². The van der Waals surface area contributed by atoms with Gasteiger partial charge >= 0.3 is 0 Å². The van der Waals surface area contributed by atoms with E-state index in [9.17, 15) is 0 Å². The molecule has 0 N–H and O–H groups in total. The molecule has 2 aromatic heterocycles. The Hall–Kier alpha value is -1.38. The van der Waals surface area contributed by atoms with Gasteiger partial charge in [0.1, 0.15) is 0 Å². The predicted molar refractivity (Wildman–Crippen MR) is 61.2 cm³/mol. The molecule has 3 heteroatoms. The largest absolute Gasteiger partial charge is 0.254 e. The van der Waals surface area contributed by atoms with Gasteiger partial charge in [-0.25, -0.2) is 4.52 Å². The summed E-state index contributed by atoms with van der Waals surface area (Å²) in [6.45, 7) is 8.46. The molecule has 0 radical (unpaired) electrons. The van der Waals surface area contributed by atoms with Crippen molar-refractivity contribution in [2.75, 3.05) is 0 Å². The van der Waals surface area contributed by atoms with Crippen LogP contribution >= 0.6 is 0 Å². The van der Waals surface area contributed by atoms with Gasteiger partial charge in [0.25, 0.3) is 0 Å². The third kappa shape index (κ3) is 1.74. The van der Waals surface area contributed by atoms with Gasteiger partial charge in [-0.3, -0.25) is 4.98 Å². The molecule has 0 aliphatic heterocycles. The Morgan fingerprint density at radius 2 is 2.13 bits per heavy atom. The van der Waals surface area contributed by atoms with Crippen molar-refractivity contribution >= 4 is 5.52 Å². The van der Waals surface area contributed by atoms with Crippen LogP contribution in [0.3, 0.4) is 0 Å². The molecule has 80 valence electrons. The van der Waals surface area contributed by atoms with E-state index in [0.29, 0.717) is 5.92 Å². The number of rotatable bonds is 2. The minimum Gasteiger partial charge on any atom is -0.254 e. The number of aryl methyl sites for hydroxylation is 2. The van der Waals surface area contributed by atoms with Gasteiger partial charge in [0.15, 0.2) is 0 Å². The van der Waals surface area contributed by atoms with Crippen molar-refractivity contribution in [2.24, 2.45) is 0 Å². The number of aromatic nitrogens is 3. The van der Waals surface area contributed by atoms with E-state index in [0.717, 1.165) is 29.0 Å². The number of hydrogen-bond donors (Lipinski definition) is 0. The molecule has 0 fully saturated rings. The minimum absolute atomic E-state index is 0.468. The van der Waals surface area contributed by atoms with Crippen LogP contribution in [0, 0.1) is 6.92 Å². The second-order valence-corrected chi connectivity index (χ2v) is 4.24. The fourth-order valence-corrected chi connectivity index (χ4v) is 1.75. The normalized spacial score (nSPS) is 11.5. The van der Waals surface area contributed by atoms with E-state index in [1.165, 1.54) is 0 Å². The van der Waals surface area contributed by atoms with Gasteiger partial charge in [-0.15, -0.1) is 0 Å². The van der Waals surface area contributed by atoms with Gasteiger partial charge in [0, 0.05) is 0 Å². The molecule has 0 aliphatic rings. The minimum atomic E-state index is 0.468. The highest BCUT2D eigenvalue weighted by molar-refractivity contribution is 5.53. The highest BCUT2D eigenvalue weighted by Crippen LogP contribution is 2.17. The van der Waals surface area contributed by atoms with Gasteiger partial charge in [0.2, 0.25) is 0 Å². The van der Waals surface area contributed by atoms with E-state index in [1.807, 2.05) is 17.6 Å². The van der Waals surface area contributed by atoms with Crippen LogP contribution in [0.25, 0.3) is 5.52 Å². The van der Waals surface area contributed by atoms with Crippen molar-refractivity contribution in [3.8, 4) is 0 Å². The molecule has 0 spiro atoms. The smallest absolute Gasteiger partial charge is 0.0880 e. The zero-order valence-electron chi connectivity index (χ0n) is 9.78. The van der Waals surface area contributed by atoms with E-state index >= 15 is 0 Å². The average molecular weight is 203 g/mol. The highest BCUT2D eigenvalue weighted by atomic mass is 15.2. The molecule has 0 aromatic carbocycles. The lowest BCUT2D eigenvalue weighted by Crippen LogP contribution is -1.98. The summed E-state index contributed by atoms with van der Waals surface area (Å²) < 4.78 is 1.95. The number of nitrogens with zero attached hydrogens (tertiary/aromatic N) is 3. The Morgan fingerprint density at radius 1 is 1.40 bits per heavy atom. The molecule has 0 amide bonds. The molecule has 0 aliphatic carbocycles. The summed E-state index contributed by atoms with van der Waals surface area (Å²) in [5, 5.41) is 4.56. The Balaban J connectivity index is 2.68. The molecule has 0 unspecified atom stereocenters. The molecule has 2 rings (SSSR count). The third-order valence-corrected chi connectivity index (χ3v) is 2.60. The van der Waals surface area contributed by atoms with Crippen LogP contribution in [0.2, 0.25) is 0 Å². The van der Waals surface area contributed by atoms with Gasteiger partial charge in [0.05, 0.1) is 28.8 Å². The molecule has 2 heterocycles. The summed E-state index contributed by atoms with van der Waals surface area (Å²) in [6, 6.07) is 2.15. The lowest BCUT2D eigenvalue weighted by atomic mass is 10.1. The van der Waals surface area contributed by atoms with Crippen molar-refractivity contribution in [3.05, 3.63) is 29.3 Å². The van der Waals surface area contributed by atoms with Crippen molar-refractivity contribution in [2.45, 2.75) is 40.0 Å². The molecule has 2 aromatic rings. The highest BCUT2D eigenvalue weighted by Gasteiger charge is 2.09. The molecule has 0 saturated carbocycles. The Bertz CT molecular complexity index is 483. The van der Waals surface area contributed by atoms with Gasteiger partial charge in [-0.05, 0) is 25.3 Å².